The summed E-state index contributed by atoms with van der Waals surface area (Å²) < 4.78 is 31.2. The second-order valence-corrected chi connectivity index (χ2v) is 9.86. The first kappa shape index (κ1) is 25.5. The Hall–Kier alpha value is -1.73. The molecule has 2 rings (SSSR count). The first-order valence-electron chi connectivity index (χ1n) is 10.3. The first-order valence-corrected chi connectivity index (χ1v) is 12.6. The Bertz CT molecular complexity index is 1030. The summed E-state index contributed by atoms with van der Waals surface area (Å²) in [5, 5.41) is 6.29. The second-order valence-electron chi connectivity index (χ2n) is 7.52. The van der Waals surface area contributed by atoms with Gasteiger partial charge in [-0.15, -0.1) is 0 Å². The predicted molar refractivity (Wildman–Crippen MR) is 131 cm³/mol. The fourth-order valence-electron chi connectivity index (χ4n) is 3.09. The summed E-state index contributed by atoms with van der Waals surface area (Å²) in [7, 11) is -4.08. The molecule has 0 saturated carbocycles. The Balaban J connectivity index is 2.74. The fraction of sp³-hybridized carbons (Fsp3) is 0.391. The molecule has 2 aromatic rings. The van der Waals surface area contributed by atoms with Gasteiger partial charge in [0.2, 0.25) is 10.0 Å². The van der Waals surface area contributed by atoms with Crippen LogP contribution in [0.15, 0.2) is 41.8 Å². The van der Waals surface area contributed by atoms with Gasteiger partial charge in [0.25, 0.3) is 0 Å². The number of hydrogen-bond acceptors (Lipinski definition) is 4. The standard InChI is InChI=1S/C23H30Cl2N2O3S/c1-5-7-11-27(12-8-6-2)21-13-17(16(3)4)14-22(31(26,28)29)23(21)30-18-9-10-19(24)20(25)15-18/h9-10,13-15H,3,5-8,11-12H2,1-2,4H3,(H2,26,28,29). The molecule has 31 heavy (non-hydrogen) atoms. The molecular formula is C23H30Cl2N2O3S. The number of rotatable bonds is 11. The zero-order chi connectivity index (χ0) is 23.2. The molecule has 0 amide bonds. The van der Waals surface area contributed by atoms with E-state index in [-0.39, 0.29) is 10.6 Å². The molecule has 170 valence electrons. The average molecular weight is 485 g/mol. The molecule has 8 heteroatoms. The molecule has 0 spiro atoms. The molecule has 0 heterocycles. The topological polar surface area (TPSA) is 72.6 Å². The second kappa shape index (κ2) is 11.2. The Morgan fingerprint density at radius 3 is 2.16 bits per heavy atom. The number of anilines is 1. The molecule has 2 aromatic carbocycles. The van der Waals surface area contributed by atoms with Gasteiger partial charge in [0.1, 0.15) is 10.6 Å². The number of nitrogens with two attached hydrogens (primary N) is 1. The van der Waals surface area contributed by atoms with Gasteiger partial charge in [-0.2, -0.15) is 0 Å². The lowest BCUT2D eigenvalue weighted by molar-refractivity contribution is 0.465. The molecule has 0 atom stereocenters. The highest BCUT2D eigenvalue weighted by Gasteiger charge is 2.25. The van der Waals surface area contributed by atoms with Crippen LogP contribution in [0.5, 0.6) is 11.5 Å². The number of benzene rings is 2. The number of ether oxygens (including phenoxy) is 1. The zero-order valence-corrected chi connectivity index (χ0v) is 20.6. The third-order valence-electron chi connectivity index (χ3n) is 4.85. The van der Waals surface area contributed by atoms with Gasteiger partial charge < -0.3 is 9.64 Å². The van der Waals surface area contributed by atoms with Crippen LogP contribution in [0.2, 0.25) is 10.0 Å². The number of allylic oxidation sites excluding steroid dienone is 1. The average Bonchev–Trinajstić information content (AvgIpc) is 2.70. The minimum Gasteiger partial charge on any atom is -0.454 e. The largest absolute Gasteiger partial charge is 0.454 e. The van der Waals surface area contributed by atoms with E-state index >= 15 is 0 Å². The first-order chi connectivity index (χ1) is 14.6. The minimum atomic E-state index is -4.08. The smallest absolute Gasteiger partial charge is 0.241 e. The Morgan fingerprint density at radius 1 is 1.06 bits per heavy atom. The van der Waals surface area contributed by atoms with E-state index in [2.05, 4.69) is 25.3 Å². The van der Waals surface area contributed by atoms with Crippen LogP contribution in [0, 0.1) is 0 Å². The van der Waals surface area contributed by atoms with Gasteiger partial charge in [-0.05, 0) is 49.6 Å². The lowest BCUT2D eigenvalue weighted by Crippen LogP contribution is -2.27. The maximum Gasteiger partial charge on any atom is 0.241 e. The molecule has 0 aliphatic carbocycles. The molecule has 0 bridgehead atoms. The molecule has 0 aliphatic heterocycles. The maximum atomic E-state index is 12.5. The van der Waals surface area contributed by atoms with E-state index in [9.17, 15) is 8.42 Å². The van der Waals surface area contributed by atoms with E-state index in [0.717, 1.165) is 44.3 Å². The third kappa shape index (κ3) is 6.88. The van der Waals surface area contributed by atoms with Crippen molar-refractivity contribution in [2.45, 2.75) is 51.3 Å². The van der Waals surface area contributed by atoms with E-state index in [1.165, 1.54) is 6.07 Å². The van der Waals surface area contributed by atoms with Crippen LogP contribution >= 0.6 is 23.2 Å². The highest BCUT2D eigenvalue weighted by Crippen LogP contribution is 2.41. The summed E-state index contributed by atoms with van der Waals surface area (Å²) in [6.45, 7) is 11.6. The number of hydrogen-bond donors (Lipinski definition) is 1. The minimum absolute atomic E-state index is 0.0907. The summed E-state index contributed by atoms with van der Waals surface area (Å²) in [5.41, 5.74) is 2.09. The molecule has 0 fully saturated rings. The van der Waals surface area contributed by atoms with E-state index in [1.54, 1.807) is 18.2 Å². The molecule has 0 radical (unpaired) electrons. The number of halogens is 2. The van der Waals surface area contributed by atoms with Crippen LogP contribution in [-0.4, -0.2) is 21.5 Å². The monoisotopic (exact) mass is 484 g/mol. The molecule has 0 aliphatic rings. The summed E-state index contributed by atoms with van der Waals surface area (Å²) in [4.78, 5) is 2.06. The molecule has 2 N–H and O–H groups in total. The molecule has 0 saturated heterocycles. The van der Waals surface area contributed by atoms with Crippen LogP contribution in [-0.2, 0) is 10.0 Å². The van der Waals surface area contributed by atoms with Gasteiger partial charge in [-0.3, -0.25) is 0 Å². The highest BCUT2D eigenvalue weighted by molar-refractivity contribution is 7.89. The van der Waals surface area contributed by atoms with Crippen molar-refractivity contribution < 1.29 is 13.2 Å². The normalized spacial score (nSPS) is 11.4. The number of unbranched alkanes of at least 4 members (excludes halogenated alkanes) is 2. The van der Waals surface area contributed by atoms with Crippen LogP contribution < -0.4 is 14.8 Å². The fourth-order valence-corrected chi connectivity index (χ4v) is 4.08. The van der Waals surface area contributed by atoms with Gasteiger partial charge in [0, 0.05) is 19.2 Å². The molecule has 0 aromatic heterocycles. The van der Waals surface area contributed by atoms with Crippen LogP contribution in [0.25, 0.3) is 5.57 Å². The van der Waals surface area contributed by atoms with Crippen molar-refractivity contribution in [2.75, 3.05) is 18.0 Å². The Labute approximate surface area is 195 Å². The van der Waals surface area contributed by atoms with E-state index < -0.39 is 10.0 Å². The van der Waals surface area contributed by atoms with Crippen molar-refractivity contribution in [2.24, 2.45) is 5.14 Å². The van der Waals surface area contributed by atoms with Gasteiger partial charge >= 0.3 is 0 Å². The van der Waals surface area contributed by atoms with E-state index in [0.29, 0.717) is 27.0 Å². The number of sulfonamides is 1. The number of nitrogens with zero attached hydrogens (tertiary/aromatic N) is 1. The third-order valence-corrected chi connectivity index (χ3v) is 6.50. The lowest BCUT2D eigenvalue weighted by Gasteiger charge is -2.28. The highest BCUT2D eigenvalue weighted by atomic mass is 35.5. The summed E-state index contributed by atoms with van der Waals surface area (Å²) in [6, 6.07) is 8.21. The number of primary sulfonamides is 1. The molecular weight excluding hydrogens is 455 g/mol. The summed E-state index contributed by atoms with van der Waals surface area (Å²) >= 11 is 12.2. The quantitative estimate of drug-likeness (QED) is 0.377. The van der Waals surface area contributed by atoms with Crippen molar-refractivity contribution in [3.05, 3.63) is 52.5 Å². The van der Waals surface area contributed by atoms with Crippen molar-refractivity contribution in [1.82, 2.24) is 0 Å². The Morgan fingerprint density at radius 2 is 1.68 bits per heavy atom. The van der Waals surface area contributed by atoms with Crippen LogP contribution in [0.4, 0.5) is 5.69 Å². The van der Waals surface area contributed by atoms with E-state index in [1.807, 2.05) is 13.0 Å². The van der Waals surface area contributed by atoms with Crippen molar-refractivity contribution >= 4 is 44.5 Å². The maximum absolute atomic E-state index is 12.5. The van der Waals surface area contributed by atoms with Gasteiger partial charge in [-0.25, -0.2) is 13.6 Å². The summed E-state index contributed by atoms with van der Waals surface area (Å²) in [5.74, 6) is 0.549. The van der Waals surface area contributed by atoms with Crippen molar-refractivity contribution in [3.8, 4) is 11.5 Å². The van der Waals surface area contributed by atoms with Gasteiger partial charge in [0.15, 0.2) is 5.75 Å². The Kier molecular flexibility index (Phi) is 9.25. The SMILES string of the molecule is C=C(C)c1cc(N(CCCC)CCCC)c(Oc2ccc(Cl)c(Cl)c2)c(S(N)(=O)=O)c1. The van der Waals surface area contributed by atoms with E-state index in [4.69, 9.17) is 33.1 Å². The van der Waals surface area contributed by atoms with Crippen LogP contribution in [0.3, 0.4) is 0 Å². The predicted octanol–water partition coefficient (Wildman–Crippen LogP) is 6.87. The molecule has 0 unspecified atom stereocenters. The molecule has 5 nitrogen and oxygen atoms in total. The zero-order valence-electron chi connectivity index (χ0n) is 18.2. The summed E-state index contributed by atoms with van der Waals surface area (Å²) in [6.07, 6.45) is 3.93. The van der Waals surface area contributed by atoms with Gasteiger partial charge in [-0.1, -0.05) is 62.0 Å². The van der Waals surface area contributed by atoms with Gasteiger partial charge in [0.05, 0.1) is 15.7 Å². The van der Waals surface area contributed by atoms with Crippen molar-refractivity contribution in [3.63, 3.8) is 0 Å². The van der Waals surface area contributed by atoms with Crippen molar-refractivity contribution in [1.29, 1.82) is 0 Å². The van der Waals surface area contributed by atoms with Crippen LogP contribution in [0.1, 0.15) is 52.0 Å². The lowest BCUT2D eigenvalue weighted by atomic mass is 10.1.